The number of hydrazine groups is 1. The Balaban J connectivity index is 2.26. The number of hydrogen-bond acceptors (Lipinski definition) is 5. The van der Waals surface area contributed by atoms with Crippen LogP contribution in [0.4, 0.5) is 0 Å². The van der Waals surface area contributed by atoms with E-state index in [0.717, 1.165) is 3.57 Å². The summed E-state index contributed by atoms with van der Waals surface area (Å²) in [5.41, 5.74) is 3.41. The molecule has 3 N–H and O–H groups in total. The van der Waals surface area contributed by atoms with Crippen molar-refractivity contribution < 1.29 is 4.79 Å². The molecule has 0 atom stereocenters. The molecule has 0 fully saturated rings. The Morgan fingerprint density at radius 3 is 2.67 bits per heavy atom. The van der Waals surface area contributed by atoms with Crippen LogP contribution in [0.5, 0.6) is 0 Å². The number of ketones is 1. The maximum atomic E-state index is 13.0. The van der Waals surface area contributed by atoms with Gasteiger partial charge in [-0.15, -0.1) is 0 Å². The fourth-order valence-corrected chi connectivity index (χ4v) is 3.01. The van der Waals surface area contributed by atoms with Crippen molar-refractivity contribution in [3.05, 3.63) is 68.3 Å². The number of nitrogens with zero attached hydrogens (tertiary/aromatic N) is 2. The van der Waals surface area contributed by atoms with Gasteiger partial charge in [0.05, 0.1) is 29.6 Å². The third-order valence-electron chi connectivity index (χ3n) is 3.57. The minimum atomic E-state index is -0.187. The number of rotatable bonds is 5. The lowest BCUT2D eigenvalue weighted by Gasteiger charge is -2.13. The number of carbonyl (C=O) groups is 1. The second kappa shape index (κ2) is 7.20. The standard InChI is InChI=1S/C17H15IN4O2/c18-11-6-7-15-14(8-11)17(24)22(12-4-2-1-3-5-12)16(21-15)9-13(23)10-20-19/h1-8,20H,9-10,19H2. The van der Waals surface area contributed by atoms with E-state index in [0.29, 0.717) is 22.4 Å². The predicted octanol–water partition coefficient (Wildman–Crippen LogP) is 1.57. The molecule has 0 saturated carbocycles. The quantitative estimate of drug-likeness (QED) is 0.362. The smallest absolute Gasteiger partial charge is 0.266 e. The first-order chi connectivity index (χ1) is 11.6. The average molecular weight is 434 g/mol. The van der Waals surface area contributed by atoms with Crippen LogP contribution in [0.3, 0.4) is 0 Å². The van der Waals surface area contributed by atoms with Crippen molar-refractivity contribution in [2.75, 3.05) is 6.54 Å². The highest BCUT2D eigenvalue weighted by Crippen LogP contribution is 2.16. The first kappa shape index (κ1) is 16.7. The number of carbonyl (C=O) groups excluding carboxylic acids is 1. The maximum absolute atomic E-state index is 13.0. The van der Waals surface area contributed by atoms with E-state index in [9.17, 15) is 9.59 Å². The lowest BCUT2D eigenvalue weighted by molar-refractivity contribution is -0.117. The average Bonchev–Trinajstić information content (AvgIpc) is 2.57. The molecule has 0 bridgehead atoms. The minimum Gasteiger partial charge on any atom is -0.298 e. The van der Waals surface area contributed by atoms with Gasteiger partial charge in [0.15, 0.2) is 5.78 Å². The Labute approximate surface area is 151 Å². The van der Waals surface area contributed by atoms with Gasteiger partial charge in [0.1, 0.15) is 5.82 Å². The summed E-state index contributed by atoms with van der Waals surface area (Å²) in [5, 5.41) is 0.527. The summed E-state index contributed by atoms with van der Waals surface area (Å²) in [7, 11) is 0. The Hall–Kier alpha value is -2.10. The van der Waals surface area contributed by atoms with Gasteiger partial charge < -0.3 is 0 Å². The Kier molecular flexibility index (Phi) is 5.03. The fraction of sp³-hybridized carbons (Fsp3) is 0.118. The molecule has 0 aliphatic carbocycles. The zero-order valence-corrected chi connectivity index (χ0v) is 14.9. The van der Waals surface area contributed by atoms with Gasteiger partial charge in [-0.1, -0.05) is 18.2 Å². The molecule has 0 radical (unpaired) electrons. The van der Waals surface area contributed by atoms with E-state index in [4.69, 9.17) is 5.84 Å². The molecule has 0 aliphatic rings. The van der Waals surface area contributed by atoms with E-state index in [1.807, 2.05) is 36.4 Å². The summed E-state index contributed by atoms with van der Waals surface area (Å²) in [6, 6.07) is 14.7. The van der Waals surface area contributed by atoms with Gasteiger partial charge in [-0.2, -0.15) is 0 Å². The minimum absolute atomic E-state index is 0.0232. The predicted molar refractivity (Wildman–Crippen MR) is 101 cm³/mol. The van der Waals surface area contributed by atoms with Crippen molar-refractivity contribution in [1.29, 1.82) is 0 Å². The van der Waals surface area contributed by atoms with Crippen molar-refractivity contribution in [3.8, 4) is 5.69 Å². The first-order valence-electron chi connectivity index (χ1n) is 7.32. The number of fused-ring (bicyclic) bond motifs is 1. The van der Waals surface area contributed by atoms with Crippen LogP contribution in [-0.2, 0) is 11.2 Å². The molecular formula is C17H15IN4O2. The van der Waals surface area contributed by atoms with Crippen LogP contribution in [0.15, 0.2) is 53.3 Å². The molecule has 6 nitrogen and oxygen atoms in total. The van der Waals surface area contributed by atoms with Crippen LogP contribution >= 0.6 is 22.6 Å². The molecular weight excluding hydrogens is 419 g/mol. The van der Waals surface area contributed by atoms with Crippen LogP contribution in [-0.4, -0.2) is 21.9 Å². The third-order valence-corrected chi connectivity index (χ3v) is 4.24. The van der Waals surface area contributed by atoms with E-state index in [1.54, 1.807) is 12.1 Å². The van der Waals surface area contributed by atoms with Crippen molar-refractivity contribution >= 4 is 39.3 Å². The largest absolute Gasteiger partial charge is 0.298 e. The highest BCUT2D eigenvalue weighted by molar-refractivity contribution is 14.1. The van der Waals surface area contributed by atoms with Gasteiger partial charge in [-0.25, -0.2) is 4.98 Å². The SMILES string of the molecule is NNCC(=O)Cc1nc2ccc(I)cc2c(=O)n1-c1ccccc1. The molecule has 0 amide bonds. The van der Waals surface area contributed by atoms with E-state index in [2.05, 4.69) is 33.0 Å². The van der Waals surface area contributed by atoms with Crippen LogP contribution in [0.2, 0.25) is 0 Å². The van der Waals surface area contributed by atoms with Gasteiger partial charge in [-0.3, -0.25) is 25.4 Å². The van der Waals surface area contributed by atoms with Gasteiger partial charge in [0.25, 0.3) is 5.56 Å². The lowest BCUT2D eigenvalue weighted by atomic mass is 10.2. The zero-order chi connectivity index (χ0) is 17.1. The second-order valence-corrected chi connectivity index (χ2v) is 6.51. The molecule has 3 rings (SSSR count). The van der Waals surface area contributed by atoms with Crippen molar-refractivity contribution in [2.45, 2.75) is 6.42 Å². The number of nitrogens with one attached hydrogen (secondary N) is 1. The molecule has 0 spiro atoms. The molecule has 0 aliphatic heterocycles. The van der Waals surface area contributed by atoms with Crippen LogP contribution in [0, 0.1) is 3.57 Å². The van der Waals surface area contributed by atoms with Crippen LogP contribution in [0.25, 0.3) is 16.6 Å². The Morgan fingerprint density at radius 1 is 1.21 bits per heavy atom. The maximum Gasteiger partial charge on any atom is 0.266 e. The summed E-state index contributed by atoms with van der Waals surface area (Å²) in [5.74, 6) is 5.47. The molecule has 0 unspecified atom stereocenters. The number of hydrogen-bond donors (Lipinski definition) is 2. The van der Waals surface area contributed by atoms with E-state index in [1.165, 1.54) is 4.57 Å². The van der Waals surface area contributed by atoms with Crippen molar-refractivity contribution in [3.63, 3.8) is 0 Å². The van der Waals surface area contributed by atoms with E-state index < -0.39 is 0 Å². The number of halogens is 1. The highest BCUT2D eigenvalue weighted by Gasteiger charge is 2.15. The van der Waals surface area contributed by atoms with Gasteiger partial charge >= 0.3 is 0 Å². The first-order valence-corrected chi connectivity index (χ1v) is 8.40. The Bertz CT molecular complexity index is 954. The summed E-state index contributed by atoms with van der Waals surface area (Å²) >= 11 is 2.16. The number of aromatic nitrogens is 2. The lowest BCUT2D eigenvalue weighted by Crippen LogP contribution is -2.32. The molecule has 1 aromatic heterocycles. The molecule has 7 heteroatoms. The van der Waals surface area contributed by atoms with Crippen LogP contribution in [0.1, 0.15) is 5.82 Å². The third kappa shape index (κ3) is 3.37. The number of para-hydroxylation sites is 1. The molecule has 0 saturated heterocycles. The Morgan fingerprint density at radius 2 is 1.96 bits per heavy atom. The summed E-state index contributed by atoms with van der Waals surface area (Å²) in [6.45, 7) is 0.0232. The van der Waals surface area contributed by atoms with Gasteiger partial charge in [-0.05, 0) is 52.9 Å². The number of benzene rings is 2. The normalized spacial score (nSPS) is 10.9. The number of Topliss-reactive ketones (excluding diaryl/α,β-unsaturated/α-hetero) is 1. The fourth-order valence-electron chi connectivity index (χ4n) is 2.52. The van der Waals surface area contributed by atoms with Crippen molar-refractivity contribution in [1.82, 2.24) is 15.0 Å². The second-order valence-electron chi connectivity index (χ2n) is 5.26. The highest BCUT2D eigenvalue weighted by atomic mass is 127. The topological polar surface area (TPSA) is 90.0 Å². The van der Waals surface area contributed by atoms with E-state index >= 15 is 0 Å². The van der Waals surface area contributed by atoms with E-state index in [-0.39, 0.29) is 24.3 Å². The molecule has 1 heterocycles. The molecule has 24 heavy (non-hydrogen) atoms. The summed E-state index contributed by atoms with van der Waals surface area (Å²) in [6.07, 6.45) is 0.0241. The molecule has 122 valence electrons. The van der Waals surface area contributed by atoms with Crippen molar-refractivity contribution in [2.24, 2.45) is 5.84 Å². The van der Waals surface area contributed by atoms with Gasteiger partial charge in [0.2, 0.25) is 0 Å². The monoisotopic (exact) mass is 434 g/mol. The number of nitrogens with two attached hydrogens (primary N) is 1. The summed E-state index contributed by atoms with van der Waals surface area (Å²) in [4.78, 5) is 29.6. The summed E-state index contributed by atoms with van der Waals surface area (Å²) < 4.78 is 2.45. The van der Waals surface area contributed by atoms with Crippen LogP contribution < -0.4 is 16.8 Å². The van der Waals surface area contributed by atoms with Gasteiger partial charge in [0, 0.05) is 3.57 Å². The zero-order valence-electron chi connectivity index (χ0n) is 12.7. The molecule has 3 aromatic rings. The molecule has 2 aromatic carbocycles.